The van der Waals surface area contributed by atoms with Crippen LogP contribution >= 0.6 is 0 Å². The smallest absolute Gasteiger partial charge is 0.251 e. The van der Waals surface area contributed by atoms with Crippen molar-refractivity contribution < 1.29 is 23.4 Å². The highest BCUT2D eigenvalue weighted by atomic mass is 19.1. The summed E-state index contributed by atoms with van der Waals surface area (Å²) in [5.74, 6) is 1.10. The molecule has 0 aliphatic carbocycles. The Balaban J connectivity index is 1.53. The largest absolute Gasteiger partial charge is 0.494 e. The molecule has 1 aliphatic rings. The van der Waals surface area contributed by atoms with Crippen LogP contribution in [-0.4, -0.2) is 50.3 Å². The number of carbonyl (C=O) groups is 1. The molecule has 0 saturated carbocycles. The topological polar surface area (TPSA) is 60.0 Å². The van der Waals surface area contributed by atoms with Crippen molar-refractivity contribution in [2.75, 3.05) is 33.4 Å². The first-order chi connectivity index (χ1) is 16.0. The number of halogens is 1. The number of nitrogens with zero attached hydrogens (tertiary/aromatic N) is 1. The lowest BCUT2D eigenvalue weighted by Gasteiger charge is -2.32. The molecule has 1 fully saturated rings. The summed E-state index contributed by atoms with van der Waals surface area (Å²) in [5, 5.41) is 3.15. The van der Waals surface area contributed by atoms with E-state index in [9.17, 15) is 9.18 Å². The van der Waals surface area contributed by atoms with Gasteiger partial charge in [0.05, 0.1) is 20.3 Å². The van der Waals surface area contributed by atoms with Crippen molar-refractivity contribution >= 4 is 5.91 Å². The zero-order valence-corrected chi connectivity index (χ0v) is 19.9. The maximum absolute atomic E-state index is 13.9. The predicted molar refractivity (Wildman–Crippen MR) is 127 cm³/mol. The van der Waals surface area contributed by atoms with E-state index in [0.717, 1.165) is 44.3 Å². The molecule has 1 heterocycles. The standard InChI is InChI=1S/C26H35FN2O4/c1-4-14-32-24-9-7-20(17-25(24)33-15-5-2)26(30)28-21-10-12-29(13-11-21)18-19-6-8-23(31-3)22(27)16-19/h6-9,16-17,21H,4-5,10-15,18H2,1-3H3,(H,28,30). The van der Waals surface area contributed by atoms with Gasteiger partial charge in [-0.2, -0.15) is 0 Å². The highest BCUT2D eigenvalue weighted by molar-refractivity contribution is 5.95. The van der Waals surface area contributed by atoms with Crippen LogP contribution in [0.3, 0.4) is 0 Å². The number of ether oxygens (including phenoxy) is 3. The summed E-state index contributed by atoms with van der Waals surface area (Å²) < 4.78 is 30.5. The van der Waals surface area contributed by atoms with Crippen LogP contribution in [0.5, 0.6) is 17.2 Å². The number of hydrogen-bond acceptors (Lipinski definition) is 5. The second-order valence-corrected chi connectivity index (χ2v) is 8.35. The fraction of sp³-hybridized carbons (Fsp3) is 0.500. The molecule has 1 saturated heterocycles. The van der Waals surface area contributed by atoms with Gasteiger partial charge in [-0.05, 0) is 61.6 Å². The van der Waals surface area contributed by atoms with Gasteiger partial charge in [0, 0.05) is 31.2 Å². The Morgan fingerprint density at radius 3 is 2.30 bits per heavy atom. The molecule has 0 spiro atoms. The molecule has 1 N–H and O–H groups in total. The van der Waals surface area contributed by atoms with Gasteiger partial charge in [0.25, 0.3) is 5.91 Å². The molecule has 0 radical (unpaired) electrons. The van der Waals surface area contributed by atoms with E-state index in [1.807, 2.05) is 19.1 Å². The maximum Gasteiger partial charge on any atom is 0.251 e. The Labute approximate surface area is 196 Å². The minimum atomic E-state index is -0.342. The molecule has 2 aromatic rings. The van der Waals surface area contributed by atoms with Crippen LogP contribution in [0.25, 0.3) is 0 Å². The van der Waals surface area contributed by atoms with Crippen LogP contribution in [0.2, 0.25) is 0 Å². The third-order valence-corrected chi connectivity index (χ3v) is 5.67. The van der Waals surface area contributed by atoms with E-state index in [-0.39, 0.29) is 23.5 Å². The van der Waals surface area contributed by atoms with E-state index >= 15 is 0 Å². The van der Waals surface area contributed by atoms with Crippen LogP contribution in [0.15, 0.2) is 36.4 Å². The van der Waals surface area contributed by atoms with E-state index in [2.05, 4.69) is 17.1 Å². The summed E-state index contributed by atoms with van der Waals surface area (Å²) >= 11 is 0. The lowest BCUT2D eigenvalue weighted by Crippen LogP contribution is -2.44. The minimum Gasteiger partial charge on any atom is -0.494 e. The van der Waals surface area contributed by atoms with Crippen molar-refractivity contribution in [2.24, 2.45) is 0 Å². The first-order valence-electron chi connectivity index (χ1n) is 11.8. The normalized spacial score (nSPS) is 14.7. The Morgan fingerprint density at radius 2 is 1.67 bits per heavy atom. The van der Waals surface area contributed by atoms with Gasteiger partial charge in [-0.15, -0.1) is 0 Å². The van der Waals surface area contributed by atoms with E-state index in [1.165, 1.54) is 13.2 Å². The number of amides is 1. The zero-order valence-electron chi connectivity index (χ0n) is 19.9. The Kier molecular flexibility index (Phi) is 9.36. The summed E-state index contributed by atoms with van der Waals surface area (Å²) in [7, 11) is 1.46. The van der Waals surface area contributed by atoms with Crippen molar-refractivity contribution in [3.63, 3.8) is 0 Å². The van der Waals surface area contributed by atoms with Gasteiger partial charge in [0.1, 0.15) is 0 Å². The number of likely N-dealkylation sites (tertiary alicyclic amines) is 1. The van der Waals surface area contributed by atoms with Crippen molar-refractivity contribution in [1.82, 2.24) is 10.2 Å². The lowest BCUT2D eigenvalue weighted by atomic mass is 10.0. The van der Waals surface area contributed by atoms with E-state index in [4.69, 9.17) is 14.2 Å². The summed E-state index contributed by atoms with van der Waals surface area (Å²) in [4.78, 5) is 15.1. The Bertz CT molecular complexity index is 913. The number of nitrogens with one attached hydrogen (secondary N) is 1. The van der Waals surface area contributed by atoms with Crippen LogP contribution in [-0.2, 0) is 6.54 Å². The second-order valence-electron chi connectivity index (χ2n) is 8.35. The van der Waals surface area contributed by atoms with Crippen LogP contribution in [0.4, 0.5) is 4.39 Å². The average Bonchev–Trinajstić information content (AvgIpc) is 2.83. The highest BCUT2D eigenvalue weighted by Gasteiger charge is 2.22. The van der Waals surface area contributed by atoms with Crippen molar-refractivity contribution in [3.05, 3.63) is 53.3 Å². The lowest BCUT2D eigenvalue weighted by molar-refractivity contribution is 0.0908. The molecule has 1 aliphatic heterocycles. The first-order valence-corrected chi connectivity index (χ1v) is 11.8. The van der Waals surface area contributed by atoms with E-state index in [0.29, 0.717) is 36.8 Å². The zero-order chi connectivity index (χ0) is 23.6. The molecule has 6 nitrogen and oxygen atoms in total. The average molecular weight is 459 g/mol. The molecule has 2 aromatic carbocycles. The SMILES string of the molecule is CCCOc1ccc(C(=O)NC2CCN(Cc3ccc(OC)c(F)c3)CC2)cc1OCCC. The third-order valence-electron chi connectivity index (χ3n) is 5.67. The third kappa shape index (κ3) is 7.09. The van der Waals surface area contributed by atoms with E-state index < -0.39 is 0 Å². The molecule has 33 heavy (non-hydrogen) atoms. The number of benzene rings is 2. The monoisotopic (exact) mass is 458 g/mol. The van der Waals surface area contributed by atoms with Gasteiger partial charge in [0.2, 0.25) is 0 Å². The highest BCUT2D eigenvalue weighted by Crippen LogP contribution is 2.29. The molecule has 0 unspecified atom stereocenters. The van der Waals surface area contributed by atoms with Crippen molar-refractivity contribution in [2.45, 2.75) is 52.1 Å². The van der Waals surface area contributed by atoms with Gasteiger partial charge in [-0.25, -0.2) is 4.39 Å². The molecule has 180 valence electrons. The maximum atomic E-state index is 13.9. The molecule has 0 bridgehead atoms. The predicted octanol–water partition coefficient (Wildman–Crippen LogP) is 4.81. The number of piperidine rings is 1. The number of hydrogen-bond donors (Lipinski definition) is 1. The molecular weight excluding hydrogens is 423 g/mol. The van der Waals surface area contributed by atoms with Gasteiger partial charge >= 0.3 is 0 Å². The first kappa shape index (κ1) is 24.8. The summed E-state index contributed by atoms with van der Waals surface area (Å²) in [6.07, 6.45) is 3.48. The molecule has 0 atom stereocenters. The van der Waals surface area contributed by atoms with Gasteiger partial charge in [-0.3, -0.25) is 9.69 Å². The van der Waals surface area contributed by atoms with Crippen LogP contribution < -0.4 is 19.5 Å². The minimum absolute atomic E-state index is 0.103. The van der Waals surface area contributed by atoms with Crippen molar-refractivity contribution in [3.8, 4) is 17.2 Å². The second kappa shape index (κ2) is 12.4. The molecule has 3 rings (SSSR count). The number of rotatable bonds is 11. The fourth-order valence-corrected chi connectivity index (χ4v) is 3.88. The molecule has 1 amide bonds. The number of methoxy groups -OCH3 is 1. The quantitative estimate of drug-likeness (QED) is 0.524. The van der Waals surface area contributed by atoms with Gasteiger partial charge in [0.15, 0.2) is 23.1 Å². The fourth-order valence-electron chi connectivity index (χ4n) is 3.88. The molecule has 7 heteroatoms. The van der Waals surface area contributed by atoms with Crippen LogP contribution in [0, 0.1) is 5.82 Å². The van der Waals surface area contributed by atoms with Gasteiger partial charge < -0.3 is 19.5 Å². The van der Waals surface area contributed by atoms with Crippen molar-refractivity contribution in [1.29, 1.82) is 0 Å². The molecule has 0 aromatic heterocycles. The summed E-state index contributed by atoms with van der Waals surface area (Å²) in [6.45, 7) is 7.63. The van der Waals surface area contributed by atoms with Crippen LogP contribution in [0.1, 0.15) is 55.5 Å². The summed E-state index contributed by atoms with van der Waals surface area (Å²) in [6, 6.07) is 10.6. The number of carbonyl (C=O) groups excluding carboxylic acids is 1. The molecular formula is C26H35FN2O4. The summed E-state index contributed by atoms with van der Waals surface area (Å²) in [5.41, 5.74) is 1.49. The Hall–Kier alpha value is -2.80. The van der Waals surface area contributed by atoms with Gasteiger partial charge in [-0.1, -0.05) is 19.9 Å². The Morgan fingerprint density at radius 1 is 1.00 bits per heavy atom. The van der Waals surface area contributed by atoms with E-state index in [1.54, 1.807) is 18.2 Å².